The number of aromatic carboxylic acids is 1. The molecule has 12 nitrogen and oxygen atoms in total. The molecular formula is C40H44O12. The smallest absolute Gasteiger partial charge is 0.342 e. The van der Waals surface area contributed by atoms with Gasteiger partial charge in [-0.2, -0.15) is 0 Å². The molecule has 2 aromatic rings. The summed E-state index contributed by atoms with van der Waals surface area (Å²) in [5, 5.41) is 22.2. The van der Waals surface area contributed by atoms with Crippen molar-refractivity contribution in [3.8, 4) is 0 Å². The predicted molar refractivity (Wildman–Crippen MR) is 183 cm³/mol. The van der Waals surface area contributed by atoms with Crippen molar-refractivity contribution >= 4 is 23.9 Å². The maximum atomic E-state index is 14.4. The van der Waals surface area contributed by atoms with Gasteiger partial charge in [0.2, 0.25) is 0 Å². The lowest BCUT2D eigenvalue weighted by Crippen LogP contribution is -2.39. The van der Waals surface area contributed by atoms with Crippen LogP contribution in [-0.2, 0) is 41.4 Å². The van der Waals surface area contributed by atoms with E-state index in [1.54, 1.807) is 12.1 Å². The molecule has 0 radical (unpaired) electrons. The Balaban J connectivity index is 1.26. The van der Waals surface area contributed by atoms with Crippen molar-refractivity contribution in [2.75, 3.05) is 0 Å². The number of fused-ring (bicyclic) bond motifs is 8. The van der Waals surface area contributed by atoms with Crippen LogP contribution in [-0.4, -0.2) is 57.5 Å². The van der Waals surface area contributed by atoms with Gasteiger partial charge >= 0.3 is 23.9 Å². The number of epoxide rings is 1. The number of hydrogen-bond acceptors (Lipinski definition) is 11. The number of allylic oxidation sites excluding steroid dienone is 2. The van der Waals surface area contributed by atoms with E-state index in [4.69, 9.17) is 27.8 Å². The summed E-state index contributed by atoms with van der Waals surface area (Å²) in [4.78, 5) is 52.3. The van der Waals surface area contributed by atoms with E-state index in [0.717, 1.165) is 11.1 Å². The average molecular weight is 717 g/mol. The van der Waals surface area contributed by atoms with Gasteiger partial charge in [-0.05, 0) is 89.5 Å². The van der Waals surface area contributed by atoms with Gasteiger partial charge in [-0.25, -0.2) is 19.2 Å². The van der Waals surface area contributed by atoms with Crippen LogP contribution >= 0.6 is 0 Å². The van der Waals surface area contributed by atoms with Crippen LogP contribution in [0.4, 0.5) is 0 Å². The van der Waals surface area contributed by atoms with Crippen LogP contribution < -0.4 is 0 Å². The van der Waals surface area contributed by atoms with E-state index in [0.29, 0.717) is 54.8 Å². The summed E-state index contributed by atoms with van der Waals surface area (Å²) in [6.07, 6.45) is 2.75. The first-order valence-electron chi connectivity index (χ1n) is 17.7. The van der Waals surface area contributed by atoms with Gasteiger partial charge < -0.3 is 38.0 Å². The number of carbonyl (C=O) groups excluding carboxylic acids is 3. The van der Waals surface area contributed by atoms with E-state index in [-0.39, 0.29) is 59.7 Å². The quantitative estimate of drug-likeness (QED) is 0.147. The maximum Gasteiger partial charge on any atom is 0.342 e. The molecule has 0 unspecified atom stereocenters. The molecule has 2 N–H and O–H groups in total. The highest BCUT2D eigenvalue weighted by molar-refractivity contribution is 5.92. The molecular weight excluding hydrogens is 672 g/mol. The molecule has 8 atom stereocenters. The normalized spacial score (nSPS) is 32.8. The first-order chi connectivity index (χ1) is 24.5. The number of carbonyl (C=O) groups is 4. The monoisotopic (exact) mass is 716 g/mol. The Morgan fingerprint density at radius 3 is 1.90 bits per heavy atom. The Labute approximate surface area is 301 Å². The van der Waals surface area contributed by atoms with Gasteiger partial charge in [0.1, 0.15) is 63.7 Å². The summed E-state index contributed by atoms with van der Waals surface area (Å²) in [6, 6.07) is 2.85. The number of hydrogen-bond donors (Lipinski definition) is 2. The lowest BCUT2D eigenvalue weighted by molar-refractivity contribution is -0.145. The van der Waals surface area contributed by atoms with Gasteiger partial charge in [-0.1, -0.05) is 24.3 Å². The zero-order valence-corrected chi connectivity index (χ0v) is 29.8. The molecule has 0 saturated carbocycles. The van der Waals surface area contributed by atoms with E-state index in [1.165, 1.54) is 13.0 Å². The standard InChI is InChI=1S/C40H44O12/c1-19(2)21-7-9-23-11-25(47-36(23)43)17-39(5,46)33(31-15-27(35(41)42)29(13-21)49-31)51-38(45)28-16-32-34-40(6,52-34)18-26-12-24(37(44)48-26)10-8-22(20(3)4)14-30(28)50-32/h11-12,15-16,21-22,25-26,33-34,46H,1,3,7-10,13-14,17-18H2,2,4-6H3,(H,41,42)/t21-,22-,25-,26-,33+,34-,39-,40-/m0/s1. The SMILES string of the molecule is C=C(C)[C@H]1CCC2=C[C@@H](C[C@](C)(O)[C@H](OC(=O)c3cc4oc3C[C@@H](C(=C)C)CCC3=C[C@@H](C[C@]5(C)O[C@@H]45)OC3=O)c3cc(C(=O)O)c(o3)C1)OC2=O. The highest BCUT2D eigenvalue weighted by Crippen LogP contribution is 2.54. The zero-order chi connectivity index (χ0) is 37.3. The van der Waals surface area contributed by atoms with Crippen molar-refractivity contribution in [2.24, 2.45) is 11.8 Å². The number of esters is 3. The Morgan fingerprint density at radius 1 is 0.827 bits per heavy atom. The fraction of sp³-hybridized carbons (Fsp3) is 0.500. The molecule has 0 aromatic carbocycles. The Kier molecular flexibility index (Phi) is 8.98. The number of ether oxygens (including phenoxy) is 4. The van der Waals surface area contributed by atoms with Gasteiger partial charge in [-0.3, -0.25) is 0 Å². The molecule has 8 bridgehead atoms. The Hall–Kier alpha value is -4.68. The summed E-state index contributed by atoms with van der Waals surface area (Å²) in [6.45, 7) is 15.3. The molecule has 7 heterocycles. The van der Waals surface area contributed by atoms with Gasteiger partial charge in [-0.15, -0.1) is 0 Å². The molecule has 1 fully saturated rings. The number of rotatable bonds is 5. The van der Waals surface area contributed by atoms with Crippen LogP contribution in [0.3, 0.4) is 0 Å². The molecule has 276 valence electrons. The van der Waals surface area contributed by atoms with Crippen molar-refractivity contribution in [3.63, 3.8) is 0 Å². The van der Waals surface area contributed by atoms with Gasteiger partial charge in [0.15, 0.2) is 6.10 Å². The number of carboxylic acid groups (broad SMARTS) is 1. The molecule has 0 spiro atoms. The molecule has 5 aliphatic heterocycles. The fourth-order valence-corrected chi connectivity index (χ4v) is 7.94. The van der Waals surface area contributed by atoms with E-state index in [9.17, 15) is 29.4 Å². The second kappa shape index (κ2) is 13.1. The molecule has 5 aliphatic rings. The van der Waals surface area contributed by atoms with E-state index >= 15 is 0 Å². The lowest BCUT2D eigenvalue weighted by Gasteiger charge is -2.32. The summed E-state index contributed by atoms with van der Waals surface area (Å²) in [5.74, 6) is -2.54. The summed E-state index contributed by atoms with van der Waals surface area (Å²) in [7, 11) is 0. The summed E-state index contributed by atoms with van der Waals surface area (Å²) >= 11 is 0. The molecule has 52 heavy (non-hydrogen) atoms. The van der Waals surface area contributed by atoms with Crippen LogP contribution in [0.2, 0.25) is 0 Å². The van der Waals surface area contributed by atoms with E-state index < -0.39 is 53.5 Å². The molecule has 1 saturated heterocycles. The van der Waals surface area contributed by atoms with Crippen LogP contribution in [0.5, 0.6) is 0 Å². The molecule has 0 aliphatic carbocycles. The molecule has 2 aromatic heterocycles. The summed E-state index contributed by atoms with van der Waals surface area (Å²) in [5.41, 5.74) is 0.0236. The van der Waals surface area contributed by atoms with Crippen molar-refractivity contribution in [1.82, 2.24) is 0 Å². The van der Waals surface area contributed by atoms with Crippen LogP contribution in [0.25, 0.3) is 0 Å². The van der Waals surface area contributed by atoms with Crippen LogP contribution in [0.1, 0.15) is 122 Å². The van der Waals surface area contributed by atoms with Gasteiger partial charge in [0.05, 0.1) is 0 Å². The van der Waals surface area contributed by atoms with Gasteiger partial charge in [0.25, 0.3) is 0 Å². The molecule has 12 heteroatoms. The van der Waals surface area contributed by atoms with E-state index in [2.05, 4.69) is 13.2 Å². The first kappa shape index (κ1) is 35.7. The average Bonchev–Trinajstić information content (AvgIpc) is 3.51. The highest BCUT2D eigenvalue weighted by Gasteiger charge is 2.57. The minimum atomic E-state index is -1.90. The minimum Gasteiger partial charge on any atom is -0.478 e. The number of furan rings is 2. The predicted octanol–water partition coefficient (Wildman–Crippen LogP) is 6.59. The van der Waals surface area contributed by atoms with Crippen molar-refractivity contribution in [2.45, 2.75) is 115 Å². The maximum absolute atomic E-state index is 14.4. The third-order valence-corrected chi connectivity index (χ3v) is 11.1. The fourth-order valence-electron chi connectivity index (χ4n) is 7.94. The van der Waals surface area contributed by atoms with Crippen molar-refractivity contribution in [3.05, 3.63) is 93.9 Å². The minimum absolute atomic E-state index is 0.0715. The number of aliphatic hydroxyl groups is 1. The largest absolute Gasteiger partial charge is 0.478 e. The van der Waals surface area contributed by atoms with Crippen molar-refractivity contribution in [1.29, 1.82) is 0 Å². The lowest BCUT2D eigenvalue weighted by atomic mass is 9.87. The van der Waals surface area contributed by atoms with Gasteiger partial charge in [0, 0.05) is 36.8 Å². The zero-order valence-electron chi connectivity index (χ0n) is 29.8. The summed E-state index contributed by atoms with van der Waals surface area (Å²) < 4.78 is 36.0. The topological polar surface area (TPSA) is 175 Å². The van der Waals surface area contributed by atoms with Crippen molar-refractivity contribution < 1.29 is 57.2 Å². The second-order valence-electron chi connectivity index (χ2n) is 15.5. The first-order valence-corrected chi connectivity index (χ1v) is 17.7. The third kappa shape index (κ3) is 6.81. The number of carboxylic acids is 1. The third-order valence-electron chi connectivity index (χ3n) is 11.1. The van der Waals surface area contributed by atoms with Crippen LogP contribution in [0.15, 0.2) is 68.6 Å². The Bertz CT molecular complexity index is 1940. The van der Waals surface area contributed by atoms with Crippen LogP contribution in [0, 0.1) is 11.8 Å². The molecule has 7 rings (SSSR count). The van der Waals surface area contributed by atoms with E-state index in [1.807, 2.05) is 26.8 Å². The molecule has 0 amide bonds. The second-order valence-corrected chi connectivity index (χ2v) is 15.5. The highest BCUT2D eigenvalue weighted by atomic mass is 16.6. The Morgan fingerprint density at radius 2 is 1.35 bits per heavy atom.